The van der Waals surface area contributed by atoms with Gasteiger partial charge in [-0.2, -0.15) is 0 Å². The van der Waals surface area contributed by atoms with Crippen LogP contribution in [0.2, 0.25) is 0 Å². The second kappa shape index (κ2) is 8.82. The fourth-order valence-corrected chi connectivity index (χ4v) is 5.59. The van der Waals surface area contributed by atoms with Gasteiger partial charge in [0.05, 0.1) is 5.75 Å². The van der Waals surface area contributed by atoms with Crippen molar-refractivity contribution in [2.45, 2.75) is 40.0 Å². The fraction of sp³-hybridized carbons (Fsp3) is 0.722. The van der Waals surface area contributed by atoms with Crippen molar-refractivity contribution in [3.8, 4) is 0 Å². The van der Waals surface area contributed by atoms with Gasteiger partial charge in [0, 0.05) is 31.8 Å². The first-order chi connectivity index (χ1) is 11.7. The van der Waals surface area contributed by atoms with E-state index < -0.39 is 10.0 Å². The quantitative estimate of drug-likeness (QED) is 0.666. The zero-order valence-electron chi connectivity index (χ0n) is 15.4. The van der Waals surface area contributed by atoms with Gasteiger partial charge in [0.1, 0.15) is 5.84 Å². The summed E-state index contributed by atoms with van der Waals surface area (Å²) in [6.07, 6.45) is 8.71. The average Bonchev–Trinajstić information content (AvgIpc) is 2.87. The smallest absolute Gasteiger partial charge is 0.214 e. The van der Waals surface area contributed by atoms with Crippen LogP contribution in [0.15, 0.2) is 22.8 Å². The Balaban J connectivity index is 1.83. The Kier molecular flexibility index (Phi) is 7.29. The average molecular weight is 432 g/mol. The number of rotatable bonds is 7. The molecule has 0 aliphatic carbocycles. The number of allylic oxidation sites excluding steroid dienone is 2. The van der Waals surface area contributed by atoms with Gasteiger partial charge in [-0.1, -0.05) is 41.9 Å². The molecule has 0 aromatic carbocycles. The zero-order chi connectivity index (χ0) is 18.6. The molecule has 0 amide bonds. The van der Waals surface area contributed by atoms with E-state index in [1.807, 2.05) is 37.9 Å². The normalized spacial score (nSPS) is 23.9. The molecule has 25 heavy (non-hydrogen) atoms. The summed E-state index contributed by atoms with van der Waals surface area (Å²) in [6.45, 7) is 7.91. The second-order valence-corrected chi connectivity index (χ2v) is 10.5. The maximum absolute atomic E-state index is 12.3. The minimum atomic E-state index is -3.12. The highest BCUT2D eigenvalue weighted by Gasteiger charge is 2.31. The third-order valence-corrected chi connectivity index (χ3v) is 7.87. The second-order valence-electron chi connectivity index (χ2n) is 7.44. The molecule has 1 N–H and O–H groups in total. The summed E-state index contributed by atoms with van der Waals surface area (Å²) >= 11 is 3.52. The number of nitrogens with zero attached hydrogens (tertiary/aromatic N) is 2. The molecule has 5 nitrogen and oxygen atoms in total. The molecule has 1 atom stereocenters. The van der Waals surface area contributed by atoms with Gasteiger partial charge in [0.2, 0.25) is 10.0 Å². The van der Waals surface area contributed by atoms with Crippen LogP contribution in [0.1, 0.15) is 40.0 Å². The maximum Gasteiger partial charge on any atom is 0.214 e. The fourth-order valence-electron chi connectivity index (χ4n) is 3.42. The number of hydrogen-bond donors (Lipinski definition) is 1. The summed E-state index contributed by atoms with van der Waals surface area (Å²) in [7, 11) is -3.12. The molecule has 0 saturated carbocycles. The number of piperidine rings is 1. The minimum absolute atomic E-state index is 0.136. The summed E-state index contributed by atoms with van der Waals surface area (Å²) in [6, 6.07) is 0. The highest BCUT2D eigenvalue weighted by Crippen LogP contribution is 2.28. The van der Waals surface area contributed by atoms with E-state index in [1.165, 1.54) is 0 Å². The topological polar surface area (TPSA) is 64.5 Å². The summed E-state index contributed by atoms with van der Waals surface area (Å²) < 4.78 is 27.4. The number of hydrogen-bond acceptors (Lipinski definition) is 3. The van der Waals surface area contributed by atoms with Gasteiger partial charge in [0.25, 0.3) is 0 Å². The summed E-state index contributed by atoms with van der Waals surface area (Å²) in [5, 5.41) is 8.38. The molecule has 2 rings (SSSR count). The lowest BCUT2D eigenvalue weighted by Gasteiger charge is -2.33. The lowest BCUT2D eigenvalue weighted by Crippen LogP contribution is -2.43. The molecule has 142 valence electrons. The molecule has 2 aliphatic heterocycles. The Labute approximate surface area is 160 Å². The molecule has 1 saturated heterocycles. The molecule has 0 spiro atoms. The van der Waals surface area contributed by atoms with Crippen LogP contribution in [0, 0.1) is 23.2 Å². The number of nitrogens with one attached hydrogen (secondary N) is 1. The predicted molar refractivity (Wildman–Crippen MR) is 107 cm³/mol. The van der Waals surface area contributed by atoms with Gasteiger partial charge in [-0.05, 0) is 42.5 Å². The highest BCUT2D eigenvalue weighted by atomic mass is 79.9. The molecule has 0 radical (unpaired) electrons. The van der Waals surface area contributed by atoms with Crippen LogP contribution in [0.5, 0.6) is 0 Å². The molecular weight excluding hydrogens is 402 g/mol. The van der Waals surface area contributed by atoms with E-state index in [9.17, 15) is 8.42 Å². The van der Waals surface area contributed by atoms with Crippen molar-refractivity contribution in [3.63, 3.8) is 0 Å². The Hall–Kier alpha value is -0.660. The number of amidine groups is 1. The Morgan fingerprint density at radius 2 is 2.04 bits per heavy atom. The Bertz CT molecular complexity index is 635. The van der Waals surface area contributed by atoms with Crippen LogP contribution in [-0.2, 0) is 10.0 Å². The summed E-state index contributed by atoms with van der Waals surface area (Å²) in [5.41, 5.74) is 0. The van der Waals surface area contributed by atoms with Crippen LogP contribution in [0.25, 0.3) is 0 Å². The van der Waals surface area contributed by atoms with Crippen LogP contribution in [0.4, 0.5) is 0 Å². The first-order valence-corrected chi connectivity index (χ1v) is 11.4. The van der Waals surface area contributed by atoms with E-state index in [1.54, 1.807) is 4.31 Å². The molecular formula is C18H30BrN3O2S. The number of halogens is 1. The van der Waals surface area contributed by atoms with Crippen LogP contribution in [-0.4, -0.2) is 48.8 Å². The minimum Gasteiger partial charge on any atom is -0.336 e. The standard InChI is InChI=1S/C18H30BrN3O2S/c1-4-17(19)11-16-7-8-21(18(16)20)12-15-5-9-22(10-6-15)25(23,24)13-14(2)3/h4,7-8,14-16,20H,5-6,9-13H2,1-3H3/b17-4+,20-18?. The maximum atomic E-state index is 12.3. The van der Waals surface area contributed by atoms with E-state index in [-0.39, 0.29) is 17.6 Å². The van der Waals surface area contributed by atoms with Gasteiger partial charge < -0.3 is 4.90 Å². The molecule has 0 aromatic rings. The lowest BCUT2D eigenvalue weighted by atomic mass is 9.97. The van der Waals surface area contributed by atoms with E-state index in [0.29, 0.717) is 24.8 Å². The third kappa shape index (κ3) is 5.66. The van der Waals surface area contributed by atoms with Crippen LogP contribution in [0.3, 0.4) is 0 Å². The predicted octanol–water partition coefficient (Wildman–Crippen LogP) is 3.80. The van der Waals surface area contributed by atoms with Crippen molar-refractivity contribution in [2.24, 2.45) is 17.8 Å². The van der Waals surface area contributed by atoms with E-state index in [2.05, 4.69) is 22.0 Å². The summed E-state index contributed by atoms with van der Waals surface area (Å²) in [4.78, 5) is 2.03. The van der Waals surface area contributed by atoms with E-state index in [4.69, 9.17) is 5.41 Å². The first-order valence-electron chi connectivity index (χ1n) is 9.04. The first kappa shape index (κ1) is 20.6. The number of sulfonamides is 1. The SMILES string of the molecule is C/C=C(/Br)CC1C=CN(CC2CCN(S(=O)(=O)CC(C)C)CC2)C1=N. The van der Waals surface area contributed by atoms with Crippen molar-refractivity contribution < 1.29 is 8.42 Å². The molecule has 2 heterocycles. The van der Waals surface area contributed by atoms with E-state index in [0.717, 1.165) is 30.3 Å². The molecule has 1 fully saturated rings. The van der Waals surface area contributed by atoms with Gasteiger partial charge >= 0.3 is 0 Å². The van der Waals surface area contributed by atoms with Crippen LogP contribution >= 0.6 is 15.9 Å². The van der Waals surface area contributed by atoms with E-state index >= 15 is 0 Å². The molecule has 2 aliphatic rings. The molecule has 1 unspecified atom stereocenters. The Morgan fingerprint density at radius 3 is 2.60 bits per heavy atom. The Morgan fingerprint density at radius 1 is 1.40 bits per heavy atom. The lowest BCUT2D eigenvalue weighted by molar-refractivity contribution is 0.249. The third-order valence-electron chi connectivity index (χ3n) is 4.85. The summed E-state index contributed by atoms with van der Waals surface area (Å²) in [5.74, 6) is 1.62. The zero-order valence-corrected chi connectivity index (χ0v) is 17.8. The molecule has 0 bridgehead atoms. The molecule has 0 aromatic heterocycles. The van der Waals surface area contributed by atoms with Gasteiger partial charge in [-0.15, -0.1) is 0 Å². The monoisotopic (exact) mass is 431 g/mol. The van der Waals surface area contributed by atoms with Gasteiger partial charge in [-0.3, -0.25) is 5.41 Å². The van der Waals surface area contributed by atoms with Crippen molar-refractivity contribution in [1.29, 1.82) is 5.41 Å². The highest BCUT2D eigenvalue weighted by molar-refractivity contribution is 9.11. The largest absolute Gasteiger partial charge is 0.336 e. The van der Waals surface area contributed by atoms with Gasteiger partial charge in [-0.25, -0.2) is 12.7 Å². The van der Waals surface area contributed by atoms with Crippen molar-refractivity contribution >= 4 is 31.8 Å². The van der Waals surface area contributed by atoms with Crippen LogP contribution < -0.4 is 0 Å². The van der Waals surface area contributed by atoms with Crippen molar-refractivity contribution in [1.82, 2.24) is 9.21 Å². The molecule has 7 heteroatoms. The van der Waals surface area contributed by atoms with Crippen molar-refractivity contribution in [2.75, 3.05) is 25.4 Å². The van der Waals surface area contributed by atoms with Gasteiger partial charge in [0.15, 0.2) is 0 Å². The van der Waals surface area contributed by atoms with Crippen molar-refractivity contribution in [3.05, 3.63) is 22.8 Å².